The van der Waals surface area contributed by atoms with Gasteiger partial charge in [-0.25, -0.2) is 8.78 Å². The number of imide groups is 1. The second-order valence-corrected chi connectivity index (χ2v) is 13.6. The number of amides is 3. The standard InChI is InChI=1S/C35H43F2N11O4/c36-25-20-24(2-3-27(25)40-28-4-6-30(49)41-34(28)51)46-9-7-22(8-10-46)21-45-11-13-47(14-12-45)29-5-1-23(19-26(29)37)39-33-31(32(38)50)43-44-35(42-33)48-15-17-52-18-16-48/h1-3,5,19-20,22,28,40H,4,6-18,21H2,(H2,38,50)(H,39,42,44)(H,41,49,51). The minimum atomic E-state index is -0.792. The first-order chi connectivity index (χ1) is 25.2. The molecule has 0 aliphatic carbocycles. The van der Waals surface area contributed by atoms with Crippen molar-refractivity contribution < 1.29 is 27.9 Å². The number of morpholine rings is 1. The van der Waals surface area contributed by atoms with Crippen molar-refractivity contribution in [3.8, 4) is 0 Å². The average Bonchev–Trinajstić information content (AvgIpc) is 3.14. The summed E-state index contributed by atoms with van der Waals surface area (Å²) in [5.74, 6) is -1.40. The van der Waals surface area contributed by atoms with Crippen LogP contribution in [0.25, 0.3) is 0 Å². The van der Waals surface area contributed by atoms with E-state index in [0.717, 1.165) is 51.3 Å². The predicted molar refractivity (Wildman–Crippen MR) is 191 cm³/mol. The molecule has 4 aliphatic rings. The summed E-state index contributed by atoms with van der Waals surface area (Å²) >= 11 is 0. The number of rotatable bonds is 10. The summed E-state index contributed by atoms with van der Waals surface area (Å²) in [5, 5.41) is 16.3. The highest BCUT2D eigenvalue weighted by Crippen LogP contribution is 2.30. The number of ether oxygens (including phenoxy) is 1. The molecular weight excluding hydrogens is 676 g/mol. The van der Waals surface area contributed by atoms with E-state index in [0.29, 0.717) is 69.1 Å². The highest BCUT2D eigenvalue weighted by molar-refractivity contribution is 6.01. The minimum absolute atomic E-state index is 0.111. The van der Waals surface area contributed by atoms with Gasteiger partial charge in [0, 0.05) is 76.7 Å². The molecule has 0 saturated carbocycles. The van der Waals surface area contributed by atoms with E-state index >= 15 is 4.39 Å². The summed E-state index contributed by atoms with van der Waals surface area (Å²) in [5.41, 5.74) is 7.35. The topological polar surface area (TPSA) is 174 Å². The average molecular weight is 720 g/mol. The zero-order valence-corrected chi connectivity index (χ0v) is 28.8. The van der Waals surface area contributed by atoms with Crippen molar-refractivity contribution >= 4 is 52.2 Å². The molecule has 0 spiro atoms. The molecule has 1 atom stereocenters. The molecule has 2 aromatic carbocycles. The number of piperazine rings is 1. The summed E-state index contributed by atoms with van der Waals surface area (Å²) in [6, 6.07) is 9.24. The van der Waals surface area contributed by atoms with Crippen molar-refractivity contribution in [2.45, 2.75) is 31.7 Å². The number of halogens is 2. The van der Waals surface area contributed by atoms with E-state index in [9.17, 15) is 18.8 Å². The van der Waals surface area contributed by atoms with Crippen LogP contribution in [0.5, 0.6) is 0 Å². The van der Waals surface area contributed by atoms with Crippen molar-refractivity contribution in [3.63, 3.8) is 0 Å². The fraction of sp³-hybridized carbons (Fsp3) is 0.486. The maximum absolute atomic E-state index is 15.5. The van der Waals surface area contributed by atoms with Crippen LogP contribution < -0.4 is 36.4 Å². The van der Waals surface area contributed by atoms with Crippen LogP contribution in [0, 0.1) is 17.6 Å². The van der Waals surface area contributed by atoms with Gasteiger partial charge in [0.1, 0.15) is 17.7 Å². The van der Waals surface area contributed by atoms with Crippen LogP contribution in [0.3, 0.4) is 0 Å². The molecule has 4 aliphatic heterocycles. The van der Waals surface area contributed by atoms with Gasteiger partial charge in [-0.15, -0.1) is 10.2 Å². The molecular formula is C35H43F2N11O4. The molecule has 5 N–H and O–H groups in total. The Bertz CT molecular complexity index is 1790. The third-order valence-corrected chi connectivity index (χ3v) is 10.1. The summed E-state index contributed by atoms with van der Waals surface area (Å²) in [7, 11) is 0. The van der Waals surface area contributed by atoms with Crippen LogP contribution in [0.1, 0.15) is 36.2 Å². The van der Waals surface area contributed by atoms with Crippen LogP contribution in [-0.4, -0.2) is 116 Å². The second kappa shape index (κ2) is 15.6. The van der Waals surface area contributed by atoms with Crippen molar-refractivity contribution in [2.75, 3.05) is 97.4 Å². The molecule has 3 amide bonds. The van der Waals surface area contributed by atoms with Crippen molar-refractivity contribution in [3.05, 3.63) is 53.7 Å². The lowest BCUT2D eigenvalue weighted by molar-refractivity contribution is -0.133. The maximum atomic E-state index is 15.5. The van der Waals surface area contributed by atoms with Crippen molar-refractivity contribution in [1.82, 2.24) is 25.4 Å². The molecule has 7 rings (SSSR count). The number of hydrogen-bond acceptors (Lipinski definition) is 13. The number of benzene rings is 2. The number of primary amides is 1. The Hall–Kier alpha value is -5.16. The molecule has 52 heavy (non-hydrogen) atoms. The Morgan fingerprint density at radius 3 is 2.35 bits per heavy atom. The lowest BCUT2D eigenvalue weighted by Gasteiger charge is -2.40. The second-order valence-electron chi connectivity index (χ2n) is 13.6. The molecule has 4 fully saturated rings. The van der Waals surface area contributed by atoms with E-state index in [2.05, 4.69) is 40.9 Å². The lowest BCUT2D eigenvalue weighted by Crippen LogP contribution is -2.49. The largest absolute Gasteiger partial charge is 0.378 e. The first-order valence-corrected chi connectivity index (χ1v) is 17.8. The molecule has 1 unspecified atom stereocenters. The number of nitrogens with one attached hydrogen (secondary N) is 3. The number of nitrogens with two attached hydrogens (primary N) is 1. The quantitative estimate of drug-likeness (QED) is 0.225. The van der Waals surface area contributed by atoms with Gasteiger partial charge in [0.25, 0.3) is 5.91 Å². The van der Waals surface area contributed by atoms with Gasteiger partial charge >= 0.3 is 0 Å². The summed E-state index contributed by atoms with van der Waals surface area (Å²) < 4.78 is 35.9. The Balaban J connectivity index is 0.883. The molecule has 0 bridgehead atoms. The highest BCUT2D eigenvalue weighted by atomic mass is 19.1. The van der Waals surface area contributed by atoms with E-state index in [-0.39, 0.29) is 29.5 Å². The molecule has 5 heterocycles. The number of anilines is 6. The Morgan fingerprint density at radius 1 is 0.885 bits per heavy atom. The summed E-state index contributed by atoms with van der Waals surface area (Å²) in [6.07, 6.45) is 2.52. The first kappa shape index (κ1) is 35.3. The van der Waals surface area contributed by atoms with E-state index in [1.54, 1.807) is 18.2 Å². The van der Waals surface area contributed by atoms with Crippen LogP contribution >= 0.6 is 0 Å². The van der Waals surface area contributed by atoms with E-state index in [1.165, 1.54) is 12.1 Å². The maximum Gasteiger partial charge on any atom is 0.273 e. The smallest absolute Gasteiger partial charge is 0.273 e. The third-order valence-electron chi connectivity index (χ3n) is 10.1. The van der Waals surface area contributed by atoms with Gasteiger partial charge in [-0.3, -0.25) is 24.6 Å². The van der Waals surface area contributed by atoms with Crippen molar-refractivity contribution in [1.29, 1.82) is 0 Å². The number of carbonyl (C=O) groups is 3. The Labute approximate surface area is 299 Å². The van der Waals surface area contributed by atoms with Gasteiger partial charge in [-0.05, 0) is 61.6 Å². The lowest BCUT2D eigenvalue weighted by atomic mass is 9.95. The SMILES string of the molecule is NC(=O)c1nnc(N2CCOCC2)nc1Nc1ccc(N2CCN(CC3CCN(c4ccc(NC5CCC(=O)NC5=O)c(F)c4)CC3)CC2)c(F)c1. The number of carbonyl (C=O) groups excluding carboxylic acids is 3. The van der Waals surface area contributed by atoms with Gasteiger partial charge in [0.05, 0.1) is 24.6 Å². The number of nitrogens with zero attached hydrogens (tertiary/aromatic N) is 7. The predicted octanol–water partition coefficient (Wildman–Crippen LogP) is 2.08. The van der Waals surface area contributed by atoms with E-state index in [4.69, 9.17) is 10.5 Å². The highest BCUT2D eigenvalue weighted by Gasteiger charge is 2.29. The summed E-state index contributed by atoms with van der Waals surface area (Å²) in [4.78, 5) is 48.5. The molecule has 15 nitrogen and oxygen atoms in total. The molecule has 0 radical (unpaired) electrons. The van der Waals surface area contributed by atoms with Crippen LogP contribution in [0.4, 0.5) is 43.3 Å². The van der Waals surface area contributed by atoms with Crippen LogP contribution in [0.15, 0.2) is 36.4 Å². The molecule has 3 aromatic rings. The normalized spacial score (nSPS) is 20.5. The Morgan fingerprint density at radius 2 is 1.65 bits per heavy atom. The van der Waals surface area contributed by atoms with Gasteiger partial charge in [-0.1, -0.05) is 0 Å². The van der Waals surface area contributed by atoms with Gasteiger partial charge in [0.2, 0.25) is 17.8 Å². The number of aromatic nitrogens is 3. The fourth-order valence-corrected chi connectivity index (χ4v) is 7.19. The number of piperidine rings is 2. The van der Waals surface area contributed by atoms with Crippen molar-refractivity contribution in [2.24, 2.45) is 11.7 Å². The van der Waals surface area contributed by atoms with Gasteiger partial charge < -0.3 is 35.8 Å². The van der Waals surface area contributed by atoms with Crippen LogP contribution in [0.2, 0.25) is 0 Å². The monoisotopic (exact) mass is 719 g/mol. The first-order valence-electron chi connectivity index (χ1n) is 17.8. The molecule has 17 heteroatoms. The zero-order chi connectivity index (χ0) is 36.2. The molecule has 4 saturated heterocycles. The van der Waals surface area contributed by atoms with Crippen LogP contribution in [-0.2, 0) is 14.3 Å². The molecule has 1 aromatic heterocycles. The van der Waals surface area contributed by atoms with Gasteiger partial charge in [-0.2, -0.15) is 4.98 Å². The zero-order valence-electron chi connectivity index (χ0n) is 28.8. The van der Waals surface area contributed by atoms with E-state index in [1.807, 2.05) is 15.9 Å². The Kier molecular flexibility index (Phi) is 10.6. The molecule has 276 valence electrons. The third kappa shape index (κ3) is 8.15. The van der Waals surface area contributed by atoms with E-state index < -0.39 is 29.5 Å². The fourth-order valence-electron chi connectivity index (χ4n) is 7.19. The minimum Gasteiger partial charge on any atom is -0.378 e. The summed E-state index contributed by atoms with van der Waals surface area (Å²) in [6.45, 7) is 7.81. The van der Waals surface area contributed by atoms with Gasteiger partial charge in [0.15, 0.2) is 11.5 Å². The number of hydrogen-bond donors (Lipinski definition) is 4.